The maximum absolute atomic E-state index is 13.0. The van der Waals surface area contributed by atoms with Crippen LogP contribution in [-0.4, -0.2) is 32.8 Å². The fraction of sp³-hybridized carbons (Fsp3) is 0.0476. The Kier molecular flexibility index (Phi) is 5.27. The number of halogens is 2. The van der Waals surface area contributed by atoms with Gasteiger partial charge in [-0.15, -0.1) is 0 Å². The standard InChI is InChI=1S/C21H15F2N5O3/c22-21(23)31-14-8-6-13(7-9-14)26-20(30)16-10-15(12-4-2-1-3-5-12)27-19-17(18(24)29)25-11-28(16)19/h1-11,21H,(H2,24,29)(H,26,30). The van der Waals surface area contributed by atoms with Gasteiger partial charge in [0.1, 0.15) is 17.8 Å². The minimum absolute atomic E-state index is 0.0358. The molecule has 2 heterocycles. The first-order valence-corrected chi connectivity index (χ1v) is 9.02. The van der Waals surface area contributed by atoms with Gasteiger partial charge in [-0.3, -0.25) is 14.0 Å². The van der Waals surface area contributed by atoms with Gasteiger partial charge in [0, 0.05) is 11.3 Å². The maximum Gasteiger partial charge on any atom is 0.387 e. The molecule has 2 amide bonds. The van der Waals surface area contributed by atoms with Gasteiger partial charge in [-0.05, 0) is 30.3 Å². The number of rotatable bonds is 6. The van der Waals surface area contributed by atoms with Crippen LogP contribution in [0.5, 0.6) is 5.75 Å². The van der Waals surface area contributed by atoms with Gasteiger partial charge >= 0.3 is 6.61 Å². The fourth-order valence-electron chi connectivity index (χ4n) is 2.99. The van der Waals surface area contributed by atoms with Gasteiger partial charge in [0.15, 0.2) is 11.3 Å². The Morgan fingerprint density at radius 3 is 2.42 bits per heavy atom. The summed E-state index contributed by atoms with van der Waals surface area (Å²) in [7, 11) is 0. The second-order valence-corrected chi connectivity index (χ2v) is 6.40. The number of ether oxygens (including phenoxy) is 1. The molecule has 10 heteroatoms. The number of carbonyl (C=O) groups is 2. The van der Waals surface area contributed by atoms with Crippen molar-refractivity contribution in [3.05, 3.63) is 78.4 Å². The Morgan fingerprint density at radius 2 is 1.77 bits per heavy atom. The van der Waals surface area contributed by atoms with E-state index in [4.69, 9.17) is 5.73 Å². The average Bonchev–Trinajstić information content (AvgIpc) is 3.19. The van der Waals surface area contributed by atoms with Crippen molar-refractivity contribution in [3.63, 3.8) is 0 Å². The zero-order chi connectivity index (χ0) is 22.0. The molecule has 0 fully saturated rings. The summed E-state index contributed by atoms with van der Waals surface area (Å²) >= 11 is 0. The van der Waals surface area contributed by atoms with Crippen LogP contribution in [0.1, 0.15) is 21.0 Å². The predicted molar refractivity (Wildman–Crippen MR) is 108 cm³/mol. The quantitative estimate of drug-likeness (QED) is 0.494. The molecule has 4 aromatic rings. The van der Waals surface area contributed by atoms with Crippen molar-refractivity contribution in [3.8, 4) is 17.0 Å². The minimum Gasteiger partial charge on any atom is -0.435 e. The predicted octanol–water partition coefficient (Wildman–Crippen LogP) is 3.35. The highest BCUT2D eigenvalue weighted by molar-refractivity contribution is 6.05. The van der Waals surface area contributed by atoms with Crippen LogP contribution in [0.4, 0.5) is 14.5 Å². The van der Waals surface area contributed by atoms with Gasteiger partial charge < -0.3 is 15.8 Å². The van der Waals surface area contributed by atoms with Crippen molar-refractivity contribution in [2.45, 2.75) is 6.61 Å². The molecule has 0 spiro atoms. The normalized spacial score (nSPS) is 10.9. The summed E-state index contributed by atoms with van der Waals surface area (Å²) in [6.07, 6.45) is 1.28. The van der Waals surface area contributed by atoms with Gasteiger partial charge in [0.05, 0.1) is 5.69 Å². The lowest BCUT2D eigenvalue weighted by molar-refractivity contribution is -0.0498. The molecular weight excluding hydrogens is 408 g/mol. The van der Waals surface area contributed by atoms with E-state index in [1.807, 2.05) is 30.3 Å². The van der Waals surface area contributed by atoms with Gasteiger partial charge in [0.25, 0.3) is 11.8 Å². The number of hydrogen-bond donors (Lipinski definition) is 2. The lowest BCUT2D eigenvalue weighted by Gasteiger charge is -2.11. The highest BCUT2D eigenvalue weighted by Crippen LogP contribution is 2.23. The number of primary amides is 1. The summed E-state index contributed by atoms with van der Waals surface area (Å²) in [6.45, 7) is -2.94. The number of anilines is 1. The molecule has 0 radical (unpaired) electrons. The van der Waals surface area contributed by atoms with Crippen molar-refractivity contribution in [1.82, 2.24) is 14.4 Å². The van der Waals surface area contributed by atoms with Crippen LogP contribution in [0.25, 0.3) is 16.9 Å². The van der Waals surface area contributed by atoms with Crippen molar-refractivity contribution in [2.24, 2.45) is 5.73 Å². The summed E-state index contributed by atoms with van der Waals surface area (Å²) in [4.78, 5) is 33.2. The molecule has 0 bridgehead atoms. The van der Waals surface area contributed by atoms with Crippen LogP contribution in [0, 0.1) is 0 Å². The molecule has 0 unspecified atom stereocenters. The Labute approximate surface area is 174 Å². The molecule has 156 valence electrons. The molecule has 8 nitrogen and oxygen atoms in total. The number of nitrogens with two attached hydrogens (primary N) is 1. The van der Waals surface area contributed by atoms with Gasteiger partial charge in [-0.25, -0.2) is 9.97 Å². The Morgan fingerprint density at radius 1 is 1.06 bits per heavy atom. The SMILES string of the molecule is NC(=O)c1ncn2c(C(=O)Nc3ccc(OC(F)F)cc3)cc(-c3ccccc3)nc12. The van der Waals surface area contributed by atoms with E-state index in [-0.39, 0.29) is 22.8 Å². The molecule has 0 aliphatic heterocycles. The minimum atomic E-state index is -2.94. The van der Waals surface area contributed by atoms with Crippen LogP contribution in [0.2, 0.25) is 0 Å². The number of nitrogens with one attached hydrogen (secondary N) is 1. The highest BCUT2D eigenvalue weighted by Gasteiger charge is 2.19. The molecule has 0 saturated heterocycles. The third-order valence-corrected chi connectivity index (χ3v) is 4.37. The van der Waals surface area contributed by atoms with Crippen molar-refractivity contribution in [1.29, 1.82) is 0 Å². The zero-order valence-electron chi connectivity index (χ0n) is 15.8. The van der Waals surface area contributed by atoms with Crippen LogP contribution in [0.3, 0.4) is 0 Å². The average molecular weight is 423 g/mol. The number of imidazole rings is 1. The lowest BCUT2D eigenvalue weighted by atomic mass is 10.1. The number of carbonyl (C=O) groups excluding carboxylic acids is 2. The van der Waals surface area contributed by atoms with Crippen molar-refractivity contribution in [2.75, 3.05) is 5.32 Å². The molecular formula is C21H15F2N5O3. The number of nitrogens with zero attached hydrogens (tertiary/aromatic N) is 3. The monoisotopic (exact) mass is 423 g/mol. The molecule has 0 aliphatic rings. The molecule has 4 rings (SSSR count). The highest BCUT2D eigenvalue weighted by atomic mass is 19.3. The lowest BCUT2D eigenvalue weighted by Crippen LogP contribution is -2.17. The summed E-state index contributed by atoms with van der Waals surface area (Å²) < 4.78 is 30.2. The number of aromatic nitrogens is 3. The van der Waals surface area contributed by atoms with E-state index < -0.39 is 18.4 Å². The van der Waals surface area contributed by atoms with Crippen LogP contribution < -0.4 is 15.8 Å². The third-order valence-electron chi connectivity index (χ3n) is 4.37. The van der Waals surface area contributed by atoms with Crippen LogP contribution in [0.15, 0.2) is 67.0 Å². The van der Waals surface area contributed by atoms with Gasteiger partial charge in [-0.1, -0.05) is 30.3 Å². The Bertz CT molecular complexity index is 1260. The molecule has 0 aliphatic carbocycles. The summed E-state index contributed by atoms with van der Waals surface area (Å²) in [5.41, 5.74) is 7.14. The summed E-state index contributed by atoms with van der Waals surface area (Å²) in [5.74, 6) is -1.34. The number of benzene rings is 2. The zero-order valence-corrected chi connectivity index (χ0v) is 15.8. The van der Waals surface area contributed by atoms with E-state index in [1.165, 1.54) is 35.0 Å². The first-order valence-electron chi connectivity index (χ1n) is 9.02. The molecule has 0 atom stereocenters. The number of fused-ring (bicyclic) bond motifs is 1. The maximum atomic E-state index is 13.0. The first kappa shape index (κ1) is 20.0. The molecule has 2 aromatic heterocycles. The molecule has 31 heavy (non-hydrogen) atoms. The van der Waals surface area contributed by atoms with Crippen LogP contribution in [-0.2, 0) is 0 Å². The first-order chi connectivity index (χ1) is 14.9. The van der Waals surface area contributed by atoms with E-state index in [2.05, 4.69) is 20.0 Å². The molecule has 3 N–H and O–H groups in total. The number of hydrogen-bond acceptors (Lipinski definition) is 5. The largest absolute Gasteiger partial charge is 0.435 e. The fourth-order valence-corrected chi connectivity index (χ4v) is 2.99. The smallest absolute Gasteiger partial charge is 0.387 e. The van der Waals surface area contributed by atoms with E-state index in [9.17, 15) is 18.4 Å². The second-order valence-electron chi connectivity index (χ2n) is 6.40. The van der Waals surface area contributed by atoms with Crippen molar-refractivity contribution < 1.29 is 23.1 Å². The van der Waals surface area contributed by atoms with E-state index in [0.29, 0.717) is 11.4 Å². The summed E-state index contributed by atoms with van der Waals surface area (Å²) in [6, 6.07) is 16.1. The Balaban J connectivity index is 1.73. The number of alkyl halides is 2. The third kappa shape index (κ3) is 4.17. The topological polar surface area (TPSA) is 112 Å². The van der Waals surface area contributed by atoms with Gasteiger partial charge in [0.2, 0.25) is 0 Å². The number of amides is 2. The molecule has 0 saturated carbocycles. The van der Waals surface area contributed by atoms with Crippen molar-refractivity contribution >= 4 is 23.1 Å². The van der Waals surface area contributed by atoms with E-state index >= 15 is 0 Å². The van der Waals surface area contributed by atoms with Crippen LogP contribution >= 0.6 is 0 Å². The van der Waals surface area contributed by atoms with E-state index in [1.54, 1.807) is 6.07 Å². The summed E-state index contributed by atoms with van der Waals surface area (Å²) in [5, 5.41) is 2.67. The molecule has 2 aromatic carbocycles. The Hall–Kier alpha value is -4.34. The second kappa shape index (κ2) is 8.19. The van der Waals surface area contributed by atoms with Gasteiger partial charge in [-0.2, -0.15) is 8.78 Å². The van der Waals surface area contributed by atoms with E-state index in [0.717, 1.165) is 5.56 Å².